The average Bonchev–Trinajstić information content (AvgIpc) is 3.48. The van der Waals surface area contributed by atoms with Gasteiger partial charge in [0.1, 0.15) is 0 Å². The Labute approximate surface area is 185 Å². The highest BCUT2D eigenvalue weighted by Crippen LogP contribution is 2.48. The van der Waals surface area contributed by atoms with Crippen LogP contribution in [-0.4, -0.2) is 25.0 Å². The molecule has 1 aliphatic rings. The summed E-state index contributed by atoms with van der Waals surface area (Å²) in [7, 11) is 4.58. The Balaban J connectivity index is 1.99. The van der Waals surface area contributed by atoms with Crippen LogP contribution in [0.15, 0.2) is 0 Å². The van der Waals surface area contributed by atoms with Crippen LogP contribution >= 0.6 is 0 Å². The Morgan fingerprint density at radius 3 is 1.72 bits per heavy atom. The van der Waals surface area contributed by atoms with Crippen LogP contribution in [0.3, 0.4) is 0 Å². The highest BCUT2D eigenvalue weighted by Gasteiger charge is 2.39. The first-order chi connectivity index (χ1) is 14.1. The van der Waals surface area contributed by atoms with Crippen LogP contribution in [0.1, 0.15) is 143 Å². The Bertz CT molecular complexity index is 350. The Morgan fingerprint density at radius 2 is 1.14 bits per heavy atom. The van der Waals surface area contributed by atoms with Crippen molar-refractivity contribution >= 4 is 0 Å². The van der Waals surface area contributed by atoms with E-state index >= 15 is 0 Å². The van der Waals surface area contributed by atoms with Crippen molar-refractivity contribution in [3.8, 4) is 0 Å². The van der Waals surface area contributed by atoms with Crippen molar-refractivity contribution in [1.29, 1.82) is 0 Å². The molecular formula is C28H57N. The first-order valence-electron chi connectivity index (χ1n) is 13.8. The second kappa shape index (κ2) is 17.6. The molecule has 0 spiro atoms. The molecule has 1 nitrogen and oxygen atoms in total. The quantitative estimate of drug-likeness (QED) is 0.171. The van der Waals surface area contributed by atoms with Crippen LogP contribution in [0.25, 0.3) is 0 Å². The second-order valence-electron chi connectivity index (χ2n) is 10.7. The zero-order valence-corrected chi connectivity index (χ0v) is 21.2. The van der Waals surface area contributed by atoms with Gasteiger partial charge in [0.15, 0.2) is 0 Å². The molecule has 0 bridgehead atoms. The van der Waals surface area contributed by atoms with E-state index in [0.29, 0.717) is 0 Å². The lowest BCUT2D eigenvalue weighted by Crippen LogP contribution is -2.27. The van der Waals surface area contributed by atoms with Gasteiger partial charge < -0.3 is 4.90 Å². The SMILES string of the molecule is CCCCCCCC[C@@H]1CC1C(C)CCCCC[C@H](CCCCCCC)N(C)C. The monoisotopic (exact) mass is 407 g/mol. The molecule has 174 valence electrons. The van der Waals surface area contributed by atoms with Crippen molar-refractivity contribution in [3.63, 3.8) is 0 Å². The van der Waals surface area contributed by atoms with Crippen molar-refractivity contribution in [1.82, 2.24) is 4.90 Å². The molecule has 0 aromatic carbocycles. The molecule has 0 saturated heterocycles. The van der Waals surface area contributed by atoms with E-state index in [0.717, 1.165) is 23.8 Å². The van der Waals surface area contributed by atoms with Gasteiger partial charge in [0.25, 0.3) is 0 Å². The number of hydrogen-bond donors (Lipinski definition) is 0. The van der Waals surface area contributed by atoms with Gasteiger partial charge >= 0.3 is 0 Å². The van der Waals surface area contributed by atoms with E-state index in [2.05, 4.69) is 39.8 Å². The third kappa shape index (κ3) is 13.8. The van der Waals surface area contributed by atoms with Crippen molar-refractivity contribution in [2.24, 2.45) is 17.8 Å². The van der Waals surface area contributed by atoms with Crippen LogP contribution in [0.5, 0.6) is 0 Å². The van der Waals surface area contributed by atoms with Crippen LogP contribution in [0.4, 0.5) is 0 Å². The molecular weight excluding hydrogens is 350 g/mol. The Kier molecular flexibility index (Phi) is 16.4. The minimum Gasteiger partial charge on any atom is -0.306 e. The largest absolute Gasteiger partial charge is 0.306 e. The highest BCUT2D eigenvalue weighted by molar-refractivity contribution is 4.89. The minimum absolute atomic E-state index is 0.819. The maximum Gasteiger partial charge on any atom is 0.00891 e. The minimum atomic E-state index is 0.819. The summed E-state index contributed by atoms with van der Waals surface area (Å²) < 4.78 is 0. The molecule has 0 amide bonds. The van der Waals surface area contributed by atoms with Gasteiger partial charge in [0.2, 0.25) is 0 Å². The molecule has 1 heteroatoms. The Hall–Kier alpha value is -0.0400. The summed E-state index contributed by atoms with van der Waals surface area (Å²) in [5.74, 6) is 3.17. The summed E-state index contributed by atoms with van der Waals surface area (Å²) in [6.45, 7) is 7.17. The standard InChI is InChI=1S/C28H57N/c1-6-8-10-12-14-17-21-26-24-28(26)25(3)20-16-15-19-23-27(29(4)5)22-18-13-11-9-7-2/h25-28H,6-24H2,1-5H3/t25?,26-,27+,28?/m1/s1. The molecule has 29 heavy (non-hydrogen) atoms. The Morgan fingerprint density at radius 1 is 0.655 bits per heavy atom. The molecule has 1 fully saturated rings. The van der Waals surface area contributed by atoms with E-state index in [1.54, 1.807) is 6.42 Å². The molecule has 4 atom stereocenters. The molecule has 0 aromatic heterocycles. The van der Waals surface area contributed by atoms with Crippen molar-refractivity contribution in [2.75, 3.05) is 14.1 Å². The van der Waals surface area contributed by atoms with E-state index in [1.165, 1.54) is 116 Å². The number of rotatable bonds is 21. The highest BCUT2D eigenvalue weighted by atomic mass is 15.1. The van der Waals surface area contributed by atoms with Crippen molar-refractivity contribution in [3.05, 3.63) is 0 Å². The van der Waals surface area contributed by atoms with E-state index in [1.807, 2.05) is 0 Å². The van der Waals surface area contributed by atoms with Gasteiger partial charge in [0.05, 0.1) is 0 Å². The molecule has 1 rings (SSSR count). The molecule has 2 unspecified atom stereocenters. The first kappa shape index (κ1) is 27.0. The summed E-state index contributed by atoms with van der Waals surface area (Å²) in [4.78, 5) is 2.49. The topological polar surface area (TPSA) is 3.24 Å². The normalized spacial score (nSPS) is 20.9. The van der Waals surface area contributed by atoms with Crippen LogP contribution in [0, 0.1) is 17.8 Å². The lowest BCUT2D eigenvalue weighted by Gasteiger charge is -2.24. The molecule has 0 radical (unpaired) electrons. The number of unbranched alkanes of at least 4 members (excludes halogenated alkanes) is 11. The van der Waals surface area contributed by atoms with Gasteiger partial charge in [-0.1, -0.05) is 124 Å². The number of hydrogen-bond acceptors (Lipinski definition) is 1. The molecule has 0 heterocycles. The smallest absolute Gasteiger partial charge is 0.00891 e. The van der Waals surface area contributed by atoms with Gasteiger partial charge in [-0.2, -0.15) is 0 Å². The van der Waals surface area contributed by atoms with E-state index in [4.69, 9.17) is 0 Å². The second-order valence-corrected chi connectivity index (χ2v) is 10.7. The summed E-state index contributed by atoms with van der Waals surface area (Å²) in [5.41, 5.74) is 0. The van der Waals surface area contributed by atoms with Gasteiger partial charge in [0, 0.05) is 6.04 Å². The lowest BCUT2D eigenvalue weighted by molar-refractivity contribution is 0.250. The van der Waals surface area contributed by atoms with Gasteiger partial charge in [-0.15, -0.1) is 0 Å². The summed E-state index contributed by atoms with van der Waals surface area (Å²) in [5, 5.41) is 0. The fraction of sp³-hybridized carbons (Fsp3) is 1.00. The predicted molar refractivity (Wildman–Crippen MR) is 133 cm³/mol. The molecule has 1 aliphatic carbocycles. The molecule has 1 saturated carbocycles. The predicted octanol–water partition coefficient (Wildman–Crippen LogP) is 9.25. The zero-order chi connectivity index (χ0) is 21.3. The van der Waals surface area contributed by atoms with Gasteiger partial charge in [-0.25, -0.2) is 0 Å². The van der Waals surface area contributed by atoms with Crippen LogP contribution in [0.2, 0.25) is 0 Å². The first-order valence-corrected chi connectivity index (χ1v) is 13.8. The van der Waals surface area contributed by atoms with Crippen LogP contribution in [-0.2, 0) is 0 Å². The van der Waals surface area contributed by atoms with E-state index in [-0.39, 0.29) is 0 Å². The zero-order valence-electron chi connectivity index (χ0n) is 21.2. The molecule has 0 N–H and O–H groups in total. The fourth-order valence-electron chi connectivity index (χ4n) is 5.37. The molecule has 0 aromatic rings. The van der Waals surface area contributed by atoms with Crippen LogP contribution < -0.4 is 0 Å². The van der Waals surface area contributed by atoms with Gasteiger partial charge in [-0.3, -0.25) is 0 Å². The van der Waals surface area contributed by atoms with Gasteiger partial charge in [-0.05, 0) is 51.1 Å². The van der Waals surface area contributed by atoms with E-state index < -0.39 is 0 Å². The summed E-state index contributed by atoms with van der Waals surface area (Å²) in [6, 6.07) is 0.819. The fourth-order valence-corrected chi connectivity index (χ4v) is 5.37. The lowest BCUT2D eigenvalue weighted by atomic mass is 9.94. The van der Waals surface area contributed by atoms with Crippen molar-refractivity contribution < 1.29 is 0 Å². The maximum absolute atomic E-state index is 2.55. The average molecular weight is 408 g/mol. The third-order valence-corrected chi connectivity index (χ3v) is 7.70. The van der Waals surface area contributed by atoms with Crippen molar-refractivity contribution in [2.45, 2.75) is 149 Å². The summed E-state index contributed by atoms with van der Waals surface area (Å²) in [6.07, 6.45) is 27.6. The van der Waals surface area contributed by atoms with E-state index in [9.17, 15) is 0 Å². The third-order valence-electron chi connectivity index (χ3n) is 7.70. The molecule has 0 aliphatic heterocycles. The number of nitrogens with zero attached hydrogens (tertiary/aromatic N) is 1. The summed E-state index contributed by atoms with van der Waals surface area (Å²) >= 11 is 0. The maximum atomic E-state index is 2.55.